The van der Waals surface area contributed by atoms with Gasteiger partial charge in [0.2, 0.25) is 0 Å². The molecule has 0 unspecified atom stereocenters. The number of anilines is 2. The number of benzene rings is 3. The number of carbonyl (C=O) groups excluding carboxylic acids is 2. The van der Waals surface area contributed by atoms with Crippen molar-refractivity contribution in [2.45, 2.75) is 19.9 Å². The molecule has 2 amide bonds. The summed E-state index contributed by atoms with van der Waals surface area (Å²) in [6, 6.07) is 24.8. The van der Waals surface area contributed by atoms with Crippen LogP contribution in [0.25, 0.3) is 6.08 Å². The minimum absolute atomic E-state index is 0.240. The first-order valence-corrected chi connectivity index (χ1v) is 14.1. The molecule has 2 atom stereocenters. The number of nitrogens with one attached hydrogen (secondary N) is 1. The van der Waals surface area contributed by atoms with Gasteiger partial charge in [0.05, 0.1) is 40.4 Å². The Morgan fingerprint density at radius 3 is 2.29 bits per heavy atom. The zero-order chi connectivity index (χ0) is 29.4. The summed E-state index contributed by atoms with van der Waals surface area (Å²) in [5, 5.41) is 8.77. The summed E-state index contributed by atoms with van der Waals surface area (Å²) < 4.78 is 7.22. The van der Waals surface area contributed by atoms with Gasteiger partial charge in [0.1, 0.15) is 11.7 Å². The number of hydrogen-bond donors (Lipinski definition) is 1. The first-order valence-electron chi connectivity index (χ1n) is 13.3. The van der Waals surface area contributed by atoms with Crippen LogP contribution in [0.2, 0.25) is 0 Å². The fraction of sp³-hybridized carbons (Fsp3) is 0.156. The number of para-hydroxylation sites is 2. The molecule has 4 aromatic rings. The maximum Gasteiger partial charge on any atom is 0.270 e. The first-order chi connectivity index (χ1) is 20.4. The molecule has 2 aliphatic rings. The van der Waals surface area contributed by atoms with Crippen molar-refractivity contribution < 1.29 is 14.3 Å². The van der Waals surface area contributed by atoms with Crippen LogP contribution in [-0.4, -0.2) is 29.2 Å². The molecule has 0 saturated carbocycles. The predicted molar refractivity (Wildman–Crippen MR) is 163 cm³/mol. The normalized spacial score (nSPS) is 18.5. The smallest absolute Gasteiger partial charge is 0.270 e. The standard InChI is InChI=1S/C32H27N5O4S/c1-19-25(30(39)37(35-19)23-12-8-5-9-13-23)18-26-31(40)36-28(21-14-16-24(41-3)17-15-21)27(20(2)33-32(36)42-26)29(38)34-22-10-6-4-7-11-22/h4-18,25,28H,1-3H3,(H,34,38)/b26-18-/t25-,28-/m1/s1. The van der Waals surface area contributed by atoms with Crippen molar-refractivity contribution in [2.75, 3.05) is 17.4 Å². The van der Waals surface area contributed by atoms with Crippen LogP contribution in [0.5, 0.6) is 5.75 Å². The molecule has 0 radical (unpaired) electrons. The molecule has 3 heterocycles. The van der Waals surface area contributed by atoms with Crippen molar-refractivity contribution in [3.8, 4) is 5.75 Å². The lowest BCUT2D eigenvalue weighted by Crippen LogP contribution is -2.41. The van der Waals surface area contributed by atoms with Crippen molar-refractivity contribution in [1.29, 1.82) is 0 Å². The van der Waals surface area contributed by atoms with Gasteiger partial charge in [-0.1, -0.05) is 59.9 Å². The van der Waals surface area contributed by atoms with Crippen LogP contribution in [0, 0.1) is 5.92 Å². The summed E-state index contributed by atoms with van der Waals surface area (Å²) in [7, 11) is 1.58. The third-order valence-corrected chi connectivity index (χ3v) is 8.23. The number of carbonyl (C=O) groups is 2. The molecule has 9 nitrogen and oxygen atoms in total. The Labute approximate surface area is 245 Å². The lowest BCUT2D eigenvalue weighted by atomic mass is 9.95. The van der Waals surface area contributed by atoms with Gasteiger partial charge in [-0.15, -0.1) is 0 Å². The second-order valence-electron chi connectivity index (χ2n) is 9.90. The molecule has 0 spiro atoms. The Morgan fingerprint density at radius 2 is 1.62 bits per heavy atom. The fourth-order valence-electron chi connectivity index (χ4n) is 5.12. The largest absolute Gasteiger partial charge is 0.497 e. The van der Waals surface area contributed by atoms with Crippen molar-refractivity contribution in [3.63, 3.8) is 0 Å². The number of methoxy groups -OCH3 is 1. The summed E-state index contributed by atoms with van der Waals surface area (Å²) >= 11 is 1.19. The average Bonchev–Trinajstić information content (AvgIpc) is 3.47. The first kappa shape index (κ1) is 27.1. The third kappa shape index (κ3) is 4.86. The van der Waals surface area contributed by atoms with Gasteiger partial charge in [0.25, 0.3) is 17.4 Å². The van der Waals surface area contributed by atoms with Gasteiger partial charge >= 0.3 is 0 Å². The van der Waals surface area contributed by atoms with Crippen LogP contribution in [-0.2, 0) is 9.59 Å². The van der Waals surface area contributed by atoms with Crippen molar-refractivity contribution >= 4 is 46.3 Å². The van der Waals surface area contributed by atoms with Crippen LogP contribution in [0.1, 0.15) is 25.5 Å². The van der Waals surface area contributed by atoms with E-state index in [0.29, 0.717) is 43.4 Å². The highest BCUT2D eigenvalue weighted by molar-refractivity contribution is 7.07. The van der Waals surface area contributed by atoms with Gasteiger partial charge in [-0.25, -0.2) is 4.99 Å². The summed E-state index contributed by atoms with van der Waals surface area (Å²) in [5.41, 5.74) is 3.11. The van der Waals surface area contributed by atoms with E-state index in [-0.39, 0.29) is 17.4 Å². The zero-order valence-electron chi connectivity index (χ0n) is 23.1. The maximum absolute atomic E-state index is 14.0. The van der Waals surface area contributed by atoms with Gasteiger partial charge in [-0.05, 0) is 61.9 Å². The van der Waals surface area contributed by atoms with E-state index in [0.717, 1.165) is 5.56 Å². The number of fused-ring (bicyclic) bond motifs is 1. The Kier molecular flexibility index (Phi) is 7.13. The molecule has 0 fully saturated rings. The summed E-state index contributed by atoms with van der Waals surface area (Å²) in [4.78, 5) is 46.3. The van der Waals surface area contributed by atoms with E-state index in [1.54, 1.807) is 51.3 Å². The van der Waals surface area contributed by atoms with Crippen molar-refractivity contribution in [1.82, 2.24) is 4.57 Å². The fourth-order valence-corrected chi connectivity index (χ4v) is 6.18. The highest BCUT2D eigenvalue weighted by Crippen LogP contribution is 2.32. The lowest BCUT2D eigenvalue weighted by Gasteiger charge is -2.25. The van der Waals surface area contributed by atoms with E-state index in [2.05, 4.69) is 15.4 Å². The van der Waals surface area contributed by atoms with Crippen LogP contribution in [0.15, 0.2) is 111 Å². The molecular weight excluding hydrogens is 550 g/mol. The van der Waals surface area contributed by atoms with E-state index in [9.17, 15) is 14.4 Å². The number of rotatable bonds is 6. The molecule has 2 aliphatic heterocycles. The summed E-state index contributed by atoms with van der Waals surface area (Å²) in [5.74, 6) is -0.645. The van der Waals surface area contributed by atoms with E-state index in [1.165, 1.54) is 20.9 Å². The number of nitrogens with zero attached hydrogens (tertiary/aromatic N) is 4. The average molecular weight is 578 g/mol. The van der Waals surface area contributed by atoms with Gasteiger partial charge in [0, 0.05) is 5.69 Å². The van der Waals surface area contributed by atoms with Crippen LogP contribution in [0.3, 0.4) is 0 Å². The molecule has 210 valence electrons. The number of thiazole rings is 1. The van der Waals surface area contributed by atoms with Gasteiger partial charge < -0.3 is 10.1 Å². The monoisotopic (exact) mass is 577 g/mol. The van der Waals surface area contributed by atoms with Crippen LogP contribution < -0.4 is 30.0 Å². The van der Waals surface area contributed by atoms with Crippen molar-refractivity contribution in [2.24, 2.45) is 16.0 Å². The zero-order valence-corrected chi connectivity index (χ0v) is 24.0. The Balaban J connectivity index is 1.45. The number of aromatic nitrogens is 1. The minimum Gasteiger partial charge on any atom is -0.497 e. The molecule has 1 N–H and O–H groups in total. The molecule has 0 aliphatic carbocycles. The topological polar surface area (TPSA) is 105 Å². The molecule has 42 heavy (non-hydrogen) atoms. The summed E-state index contributed by atoms with van der Waals surface area (Å²) in [6.07, 6.45) is 1.65. The Hall–Kier alpha value is -5.09. The Bertz CT molecular complexity index is 1930. The van der Waals surface area contributed by atoms with Crippen molar-refractivity contribution in [3.05, 3.63) is 121 Å². The Morgan fingerprint density at radius 1 is 0.952 bits per heavy atom. The number of ether oxygens (including phenoxy) is 1. The summed E-state index contributed by atoms with van der Waals surface area (Å²) in [6.45, 7) is 3.54. The SMILES string of the molecule is COc1ccc([C@@H]2C(C(=O)Nc3ccccc3)=C(C)N=c3s/c(=C\[C@H]4C(=O)N(c5ccccc5)N=C4C)c(=O)n32)cc1. The van der Waals surface area contributed by atoms with Crippen LogP contribution in [0.4, 0.5) is 11.4 Å². The molecule has 6 rings (SSSR count). The highest BCUT2D eigenvalue weighted by atomic mass is 32.1. The highest BCUT2D eigenvalue weighted by Gasteiger charge is 2.35. The third-order valence-electron chi connectivity index (χ3n) is 7.23. The predicted octanol–water partition coefficient (Wildman–Crippen LogP) is 3.87. The molecule has 1 aromatic heterocycles. The van der Waals surface area contributed by atoms with E-state index in [4.69, 9.17) is 4.74 Å². The molecule has 0 bridgehead atoms. The van der Waals surface area contributed by atoms with E-state index >= 15 is 0 Å². The van der Waals surface area contributed by atoms with Gasteiger partial charge in [-0.3, -0.25) is 19.0 Å². The molecule has 10 heteroatoms. The van der Waals surface area contributed by atoms with Crippen LogP contribution >= 0.6 is 11.3 Å². The van der Waals surface area contributed by atoms with Gasteiger partial charge in [-0.2, -0.15) is 10.1 Å². The lowest BCUT2D eigenvalue weighted by molar-refractivity contribution is -0.118. The minimum atomic E-state index is -0.743. The van der Waals surface area contributed by atoms with Gasteiger partial charge in [0.15, 0.2) is 4.80 Å². The number of hydrogen-bond acceptors (Lipinski definition) is 7. The number of amides is 2. The number of allylic oxidation sites excluding steroid dienone is 1. The maximum atomic E-state index is 14.0. The van der Waals surface area contributed by atoms with E-state index < -0.39 is 12.0 Å². The molecule has 3 aromatic carbocycles. The second-order valence-corrected chi connectivity index (χ2v) is 10.9. The molecular formula is C32H27N5O4S. The quantitative estimate of drug-likeness (QED) is 0.376. The number of hydrazone groups is 1. The molecule has 0 saturated heterocycles. The van der Waals surface area contributed by atoms with E-state index in [1.807, 2.05) is 60.7 Å². The second kappa shape index (κ2) is 11.1.